The molecule has 23 heteroatoms. The Morgan fingerprint density at radius 3 is 2.45 bits per heavy atom. The molecule has 0 bridgehead atoms. The molecule has 0 radical (unpaired) electrons. The van der Waals surface area contributed by atoms with Gasteiger partial charge in [0.05, 0.1) is 19.5 Å². The molecule has 2 saturated heterocycles. The van der Waals surface area contributed by atoms with Crippen LogP contribution in [0.2, 0.25) is 0 Å². The number of aliphatic hydroxyl groups excluding tert-OH is 2. The molecule has 0 amide bonds. The molecule has 5 heterocycles. The number of fused-ring (bicyclic) bond motifs is 1. The van der Waals surface area contributed by atoms with Gasteiger partial charge in [0.15, 0.2) is 17.7 Å². The molecule has 0 aliphatic carbocycles. The average Bonchev–Trinajstić information content (AvgIpc) is 3.58. The second kappa shape index (κ2) is 11.6. The zero-order valence-corrected chi connectivity index (χ0v) is 23.0. The quantitative estimate of drug-likeness (QED) is 0.116. The maximum Gasteiger partial charge on any atom is 0.472 e. The van der Waals surface area contributed by atoms with Gasteiger partial charge in [0.25, 0.3) is 0 Å². The molecular formula is C19H26N8O13P2. The van der Waals surface area contributed by atoms with Crippen molar-refractivity contribution in [2.24, 2.45) is 0 Å². The van der Waals surface area contributed by atoms with Crippen molar-refractivity contribution in [1.82, 2.24) is 29.1 Å². The molecule has 42 heavy (non-hydrogen) atoms. The maximum atomic E-state index is 12.9. The Kier molecular flexibility index (Phi) is 8.47. The number of nitrogens with zero attached hydrogens (tertiary/aromatic N) is 6. The zero-order valence-electron chi connectivity index (χ0n) is 21.2. The van der Waals surface area contributed by atoms with Crippen LogP contribution in [0.1, 0.15) is 18.9 Å². The van der Waals surface area contributed by atoms with Gasteiger partial charge in [-0.2, -0.15) is 4.98 Å². The lowest BCUT2D eigenvalue weighted by Gasteiger charge is -2.22. The highest BCUT2D eigenvalue weighted by Crippen LogP contribution is 2.49. The molecule has 3 aromatic heterocycles. The van der Waals surface area contributed by atoms with Gasteiger partial charge in [0, 0.05) is 12.6 Å². The van der Waals surface area contributed by atoms with Gasteiger partial charge in [-0.1, -0.05) is 0 Å². The predicted octanol–water partition coefficient (Wildman–Crippen LogP) is -2.23. The number of phosphoric acid groups is 2. The molecule has 3 aromatic rings. The van der Waals surface area contributed by atoms with E-state index in [9.17, 15) is 29.0 Å². The Labute approximate surface area is 234 Å². The van der Waals surface area contributed by atoms with Crippen LogP contribution in [-0.2, 0) is 32.2 Å². The van der Waals surface area contributed by atoms with Gasteiger partial charge < -0.3 is 45.8 Å². The number of anilines is 2. The largest absolute Gasteiger partial charge is 0.472 e. The summed E-state index contributed by atoms with van der Waals surface area (Å²) in [6.45, 7) is -1.53. The molecule has 0 aromatic carbocycles. The highest BCUT2D eigenvalue weighted by atomic mass is 31.2. The van der Waals surface area contributed by atoms with Crippen molar-refractivity contribution < 1.29 is 57.1 Å². The summed E-state index contributed by atoms with van der Waals surface area (Å²) in [6, 6.07) is 1.29. The number of rotatable bonds is 10. The smallest absolute Gasteiger partial charge is 0.387 e. The van der Waals surface area contributed by atoms with Crippen LogP contribution in [0.3, 0.4) is 0 Å². The Bertz CT molecular complexity index is 1600. The molecule has 5 rings (SSSR count). The fourth-order valence-electron chi connectivity index (χ4n) is 4.47. The van der Waals surface area contributed by atoms with E-state index in [1.54, 1.807) is 0 Å². The Hall–Kier alpha value is -2.91. The summed E-state index contributed by atoms with van der Waals surface area (Å²) in [5.41, 5.74) is 10.9. The second-order valence-corrected chi connectivity index (χ2v) is 11.9. The van der Waals surface area contributed by atoms with Gasteiger partial charge in [0.1, 0.15) is 54.4 Å². The van der Waals surface area contributed by atoms with Gasteiger partial charge in [-0.05, 0) is 6.07 Å². The topological polar surface area (TPSA) is 312 Å². The van der Waals surface area contributed by atoms with Crippen LogP contribution in [0.4, 0.5) is 11.6 Å². The van der Waals surface area contributed by atoms with E-state index in [0.717, 1.165) is 4.57 Å². The van der Waals surface area contributed by atoms with Crippen molar-refractivity contribution in [2.45, 2.75) is 49.4 Å². The first-order valence-corrected chi connectivity index (χ1v) is 15.1. The summed E-state index contributed by atoms with van der Waals surface area (Å²) in [4.78, 5) is 56.3. The lowest BCUT2D eigenvalue weighted by atomic mass is 10.1. The first-order chi connectivity index (χ1) is 19.7. The second-order valence-electron chi connectivity index (χ2n) is 9.23. The van der Waals surface area contributed by atoms with E-state index in [1.807, 2.05) is 0 Å². The molecule has 230 valence electrons. The molecular weight excluding hydrogens is 610 g/mol. The molecule has 3 unspecified atom stereocenters. The lowest BCUT2D eigenvalue weighted by Crippen LogP contribution is -2.34. The van der Waals surface area contributed by atoms with Crippen LogP contribution in [0, 0.1) is 0 Å². The minimum Gasteiger partial charge on any atom is -0.387 e. The van der Waals surface area contributed by atoms with E-state index in [2.05, 4.69) is 24.5 Å². The van der Waals surface area contributed by atoms with Gasteiger partial charge in [-0.15, -0.1) is 0 Å². The molecule has 21 nitrogen and oxygen atoms in total. The number of hydrogen-bond donors (Lipinski definition) is 7. The number of phosphoric ester groups is 2. The summed E-state index contributed by atoms with van der Waals surface area (Å²) in [5.74, 6) is 0.00388. The number of imidazole rings is 1. The van der Waals surface area contributed by atoms with Crippen LogP contribution in [0.5, 0.6) is 0 Å². The van der Waals surface area contributed by atoms with Crippen LogP contribution in [-0.4, -0.2) is 97.7 Å². The third-order valence-corrected chi connectivity index (χ3v) is 7.92. The molecule has 2 fully saturated rings. The number of nitrogens with two attached hydrogens (primary N) is 2. The standard InChI is InChI=1S/C19H26N8O13P2/c20-11-1-2-26(19(30)25-11)12-3-8(9(38-12)4-36-41(31,32)33)40-42(34,35)37-5-10-14(28)15(29)18(39-10)27-7-24-13-16(21)22-6-23-17(13)27/h1-2,6-10,12,14-15,18,28-29H,3-5H2,(H,34,35)(H2,20,25,30)(H2,21,22,23)(H2,31,32,33)/t8-,9+,10?,12+,14+,15+,18?/m0/s1. The monoisotopic (exact) mass is 636 g/mol. The highest BCUT2D eigenvalue weighted by molar-refractivity contribution is 7.47. The summed E-state index contributed by atoms with van der Waals surface area (Å²) < 4.78 is 52.3. The lowest BCUT2D eigenvalue weighted by molar-refractivity contribution is -0.0588. The SMILES string of the molecule is Nc1ccn([C@H]2C[C@H](OP(=O)(O)OCC3OC(n4cnc5c(N)ncnc54)[C@H](O)[C@@H]3O)[C@@H](COP(=O)(O)O)O2)c(=O)n1. The Morgan fingerprint density at radius 1 is 1.00 bits per heavy atom. The van der Waals surface area contributed by atoms with E-state index >= 15 is 0 Å². The van der Waals surface area contributed by atoms with Crippen molar-refractivity contribution in [3.63, 3.8) is 0 Å². The summed E-state index contributed by atoms with van der Waals surface area (Å²) in [6.07, 6.45) is -6.12. The third-order valence-electron chi connectivity index (χ3n) is 6.42. The number of hydrogen-bond acceptors (Lipinski definition) is 16. The number of nitrogen functional groups attached to an aromatic ring is 2. The average molecular weight is 636 g/mol. The number of aromatic nitrogens is 6. The van der Waals surface area contributed by atoms with Gasteiger partial charge >= 0.3 is 21.3 Å². The molecule has 8 atom stereocenters. The summed E-state index contributed by atoms with van der Waals surface area (Å²) in [7, 11) is -9.96. The van der Waals surface area contributed by atoms with E-state index in [0.29, 0.717) is 0 Å². The molecule has 0 saturated carbocycles. The highest BCUT2D eigenvalue weighted by Gasteiger charge is 2.47. The number of ether oxygens (including phenoxy) is 2. The van der Waals surface area contributed by atoms with Crippen molar-refractivity contribution in [1.29, 1.82) is 0 Å². The fraction of sp³-hybridized carbons (Fsp3) is 0.526. The van der Waals surface area contributed by atoms with Crippen molar-refractivity contribution in [2.75, 3.05) is 24.7 Å². The van der Waals surface area contributed by atoms with Crippen LogP contribution >= 0.6 is 15.6 Å². The Balaban J connectivity index is 1.26. The molecule has 2 aliphatic rings. The van der Waals surface area contributed by atoms with Gasteiger partial charge in [-0.3, -0.25) is 22.7 Å². The first-order valence-electron chi connectivity index (χ1n) is 12.0. The molecule has 9 N–H and O–H groups in total. The van der Waals surface area contributed by atoms with E-state index in [1.165, 1.54) is 29.5 Å². The molecule has 2 aliphatic heterocycles. The minimum atomic E-state index is -4.99. The summed E-state index contributed by atoms with van der Waals surface area (Å²) in [5, 5.41) is 21.1. The van der Waals surface area contributed by atoms with Crippen LogP contribution in [0.15, 0.2) is 29.7 Å². The van der Waals surface area contributed by atoms with Crippen LogP contribution in [0.25, 0.3) is 11.2 Å². The van der Waals surface area contributed by atoms with Crippen LogP contribution < -0.4 is 17.2 Å². The van der Waals surface area contributed by atoms with Crippen molar-refractivity contribution >= 4 is 38.4 Å². The maximum absolute atomic E-state index is 12.9. The predicted molar refractivity (Wildman–Crippen MR) is 136 cm³/mol. The minimum absolute atomic E-state index is 0.0704. The normalized spacial score (nSPS) is 29.7. The first kappa shape index (κ1) is 30.5. The molecule has 0 spiro atoms. The Morgan fingerprint density at radius 2 is 1.74 bits per heavy atom. The fourth-order valence-corrected chi connectivity index (χ4v) is 5.77. The van der Waals surface area contributed by atoms with Gasteiger partial charge in [-0.25, -0.2) is 28.9 Å². The summed E-state index contributed by atoms with van der Waals surface area (Å²) >= 11 is 0. The van der Waals surface area contributed by atoms with Crippen molar-refractivity contribution in [3.8, 4) is 0 Å². The number of aliphatic hydroxyl groups is 2. The van der Waals surface area contributed by atoms with Gasteiger partial charge in [0.2, 0.25) is 0 Å². The zero-order chi connectivity index (χ0) is 30.4. The van der Waals surface area contributed by atoms with E-state index < -0.39 is 77.5 Å². The van der Waals surface area contributed by atoms with E-state index in [-0.39, 0.29) is 29.2 Å². The van der Waals surface area contributed by atoms with E-state index in [4.69, 9.17) is 39.8 Å². The van der Waals surface area contributed by atoms with Crippen molar-refractivity contribution in [3.05, 3.63) is 35.4 Å². The third kappa shape index (κ3) is 6.52.